The first-order chi connectivity index (χ1) is 26.3. The van der Waals surface area contributed by atoms with E-state index in [9.17, 15) is 0 Å². The number of thiazole rings is 1. The summed E-state index contributed by atoms with van der Waals surface area (Å²) in [4.78, 5) is 3.63. The summed E-state index contributed by atoms with van der Waals surface area (Å²) in [6.45, 7) is 0. The summed E-state index contributed by atoms with van der Waals surface area (Å²) in [5, 5.41) is 1.29. The van der Waals surface area contributed by atoms with E-state index in [0.29, 0.717) is 0 Å². The molecule has 0 radical (unpaired) electrons. The maximum atomic E-state index is 2.44. The second-order valence-corrected chi connectivity index (χ2v) is 14.4. The van der Waals surface area contributed by atoms with Crippen molar-refractivity contribution in [2.45, 2.75) is 0 Å². The van der Waals surface area contributed by atoms with Gasteiger partial charge in [0.2, 0.25) is 0 Å². The molecule has 3 heteroatoms. The van der Waals surface area contributed by atoms with Crippen molar-refractivity contribution in [1.29, 1.82) is 0 Å². The first-order valence-corrected chi connectivity index (χ1v) is 18.8. The summed E-state index contributed by atoms with van der Waals surface area (Å²) in [5.74, 6) is 0. The highest BCUT2D eigenvalue weighted by atomic mass is 32.1. The molecule has 0 bridgehead atoms. The maximum absolute atomic E-state index is 2.44. The summed E-state index contributed by atoms with van der Waals surface area (Å²) in [6, 6.07) is 74.4. The molecule has 2 heterocycles. The Bertz CT molecular complexity index is 2750. The van der Waals surface area contributed by atoms with Crippen LogP contribution in [0.3, 0.4) is 0 Å². The van der Waals surface area contributed by atoms with Crippen molar-refractivity contribution >= 4 is 54.3 Å². The van der Waals surface area contributed by atoms with E-state index in [1.165, 1.54) is 70.5 Å². The molecule has 250 valence electrons. The first kappa shape index (κ1) is 31.1. The molecule has 0 atom stereocenters. The molecule has 0 saturated carbocycles. The summed E-state index contributed by atoms with van der Waals surface area (Å²) in [7, 11) is 0. The fourth-order valence-electron chi connectivity index (χ4n) is 7.62. The number of anilines is 3. The van der Waals surface area contributed by atoms with Crippen LogP contribution in [0, 0.1) is 0 Å². The molecular formula is C50H34N2S. The molecule has 0 unspecified atom stereocenters. The van der Waals surface area contributed by atoms with E-state index in [-0.39, 0.29) is 0 Å². The summed E-state index contributed by atoms with van der Waals surface area (Å²) in [6.07, 6.45) is 0. The predicted octanol–water partition coefficient (Wildman–Crippen LogP) is 14.4. The molecule has 0 N–H and O–H groups in total. The van der Waals surface area contributed by atoms with Crippen LogP contribution >= 0.6 is 11.3 Å². The molecule has 0 aliphatic heterocycles. The topological polar surface area (TPSA) is 7.65 Å². The highest BCUT2D eigenvalue weighted by molar-refractivity contribution is 7.24. The Balaban J connectivity index is 1.03. The number of hydrogen-bond acceptors (Lipinski definition) is 2. The van der Waals surface area contributed by atoms with Crippen LogP contribution in [0.1, 0.15) is 0 Å². The Morgan fingerprint density at radius 3 is 1.28 bits per heavy atom. The number of nitrogens with zero attached hydrogens (tertiary/aromatic N) is 2. The van der Waals surface area contributed by atoms with Gasteiger partial charge in [0.05, 0.1) is 15.7 Å². The zero-order chi connectivity index (χ0) is 35.1. The molecule has 0 spiro atoms. The van der Waals surface area contributed by atoms with E-state index in [4.69, 9.17) is 0 Å². The molecular weight excluding hydrogens is 661 g/mol. The van der Waals surface area contributed by atoms with Gasteiger partial charge < -0.3 is 4.90 Å². The van der Waals surface area contributed by atoms with Crippen molar-refractivity contribution in [3.63, 3.8) is 0 Å². The third-order valence-corrected chi connectivity index (χ3v) is 11.4. The number of benzene rings is 8. The second-order valence-electron chi connectivity index (χ2n) is 13.4. The minimum atomic E-state index is 1.11. The van der Waals surface area contributed by atoms with E-state index in [2.05, 4.69) is 216 Å². The van der Waals surface area contributed by atoms with Crippen LogP contribution < -0.4 is 4.90 Å². The van der Waals surface area contributed by atoms with Gasteiger partial charge >= 0.3 is 0 Å². The van der Waals surface area contributed by atoms with Crippen LogP contribution in [0.5, 0.6) is 0 Å². The molecule has 0 amide bonds. The van der Waals surface area contributed by atoms with Crippen LogP contribution in [0.2, 0.25) is 0 Å². The quantitative estimate of drug-likeness (QED) is 0.161. The maximum Gasteiger partial charge on any atom is 0.109 e. The van der Waals surface area contributed by atoms with Crippen LogP contribution in [0.15, 0.2) is 206 Å². The van der Waals surface area contributed by atoms with Crippen molar-refractivity contribution in [3.05, 3.63) is 206 Å². The monoisotopic (exact) mass is 694 g/mol. The van der Waals surface area contributed by atoms with E-state index in [0.717, 1.165) is 17.1 Å². The van der Waals surface area contributed by atoms with Crippen LogP contribution in [-0.4, -0.2) is 4.40 Å². The lowest BCUT2D eigenvalue weighted by Crippen LogP contribution is -2.09. The zero-order valence-electron chi connectivity index (χ0n) is 28.9. The average Bonchev–Trinajstić information content (AvgIpc) is 3.77. The fraction of sp³-hybridized carbons (Fsp3) is 0. The lowest BCUT2D eigenvalue weighted by atomic mass is 10.0. The molecule has 8 aromatic carbocycles. The standard InChI is InChI=1S/C50H34N2S/c1-4-12-35(13-5-1)37-20-27-42(28-21-37)51(43-29-22-38(23-30-43)36-14-6-2-7-15-36)44-31-24-39(25-32-44)41-26-33-47-48(34-41)53-50-49(40-16-8-3-9-17-40)45-18-10-11-19-46(45)52(47)50/h1-34H. The predicted molar refractivity (Wildman–Crippen MR) is 227 cm³/mol. The highest BCUT2D eigenvalue weighted by Crippen LogP contribution is 2.43. The Hall–Kier alpha value is -6.68. The minimum absolute atomic E-state index is 1.11. The summed E-state index contributed by atoms with van der Waals surface area (Å²) in [5.41, 5.74) is 15.6. The Morgan fingerprint density at radius 2 is 0.755 bits per heavy atom. The van der Waals surface area contributed by atoms with Crippen LogP contribution in [0.4, 0.5) is 17.1 Å². The molecule has 0 fully saturated rings. The lowest BCUT2D eigenvalue weighted by molar-refractivity contribution is 1.28. The molecule has 2 nitrogen and oxygen atoms in total. The molecule has 0 aliphatic carbocycles. The second kappa shape index (κ2) is 13.1. The van der Waals surface area contributed by atoms with E-state index < -0.39 is 0 Å². The van der Waals surface area contributed by atoms with Gasteiger partial charge in [-0.25, -0.2) is 0 Å². The smallest absolute Gasteiger partial charge is 0.109 e. The number of rotatable bonds is 7. The number of aromatic nitrogens is 1. The third kappa shape index (κ3) is 5.59. The summed E-state index contributed by atoms with van der Waals surface area (Å²) < 4.78 is 3.72. The van der Waals surface area contributed by atoms with E-state index >= 15 is 0 Å². The molecule has 10 aromatic rings. The first-order valence-electron chi connectivity index (χ1n) is 18.0. The minimum Gasteiger partial charge on any atom is -0.311 e. The highest BCUT2D eigenvalue weighted by Gasteiger charge is 2.19. The van der Waals surface area contributed by atoms with Gasteiger partial charge in [0.1, 0.15) is 4.83 Å². The lowest BCUT2D eigenvalue weighted by Gasteiger charge is -2.26. The summed E-state index contributed by atoms with van der Waals surface area (Å²) >= 11 is 1.87. The largest absolute Gasteiger partial charge is 0.311 e. The Morgan fingerprint density at radius 1 is 0.340 bits per heavy atom. The Kier molecular flexibility index (Phi) is 7.71. The van der Waals surface area contributed by atoms with Crippen molar-refractivity contribution < 1.29 is 0 Å². The van der Waals surface area contributed by atoms with E-state index in [1.54, 1.807) is 0 Å². The third-order valence-electron chi connectivity index (χ3n) is 10.2. The van der Waals surface area contributed by atoms with Gasteiger partial charge in [-0.1, -0.05) is 152 Å². The molecule has 0 aliphatic rings. The molecule has 2 aromatic heterocycles. The van der Waals surface area contributed by atoms with Gasteiger partial charge in [0.15, 0.2) is 0 Å². The molecule has 0 saturated heterocycles. The normalized spacial score (nSPS) is 11.4. The zero-order valence-corrected chi connectivity index (χ0v) is 29.7. The van der Waals surface area contributed by atoms with Crippen molar-refractivity contribution in [2.24, 2.45) is 0 Å². The SMILES string of the molecule is c1ccc(-c2ccc(N(c3ccc(-c4ccccc4)cc3)c3ccc(-c4ccc5c(c4)sc4c(-c6ccccc6)c6ccccc6n45)cc3)cc2)cc1. The number of hydrogen-bond donors (Lipinski definition) is 0. The van der Waals surface area contributed by atoms with Gasteiger partial charge in [-0.2, -0.15) is 0 Å². The van der Waals surface area contributed by atoms with Gasteiger partial charge in [-0.15, -0.1) is 11.3 Å². The van der Waals surface area contributed by atoms with Gasteiger partial charge in [0, 0.05) is 28.0 Å². The molecule has 10 rings (SSSR count). The Labute approximate surface area is 313 Å². The van der Waals surface area contributed by atoms with Crippen molar-refractivity contribution in [1.82, 2.24) is 4.40 Å². The van der Waals surface area contributed by atoms with Crippen molar-refractivity contribution in [3.8, 4) is 44.5 Å². The number of fused-ring (bicyclic) bond motifs is 5. The van der Waals surface area contributed by atoms with Gasteiger partial charge in [-0.05, 0) is 93.5 Å². The number of para-hydroxylation sites is 1. The van der Waals surface area contributed by atoms with Crippen LogP contribution in [0.25, 0.3) is 70.5 Å². The molecule has 53 heavy (non-hydrogen) atoms. The van der Waals surface area contributed by atoms with Gasteiger partial charge in [0.25, 0.3) is 0 Å². The van der Waals surface area contributed by atoms with E-state index in [1.807, 2.05) is 11.3 Å². The average molecular weight is 695 g/mol. The van der Waals surface area contributed by atoms with Crippen LogP contribution in [-0.2, 0) is 0 Å². The fourth-order valence-corrected chi connectivity index (χ4v) is 8.89. The van der Waals surface area contributed by atoms with Crippen molar-refractivity contribution in [2.75, 3.05) is 4.90 Å². The van der Waals surface area contributed by atoms with Gasteiger partial charge in [-0.3, -0.25) is 4.40 Å².